The molecule has 2 fully saturated rings. The molecule has 0 saturated heterocycles. The number of ether oxygens (including phenoxy) is 1. The van der Waals surface area contributed by atoms with Crippen LogP contribution in [0.3, 0.4) is 0 Å². The molecule has 7 heteroatoms. The lowest BCUT2D eigenvalue weighted by Crippen LogP contribution is -2.65. The molecule has 1 heterocycles. The van der Waals surface area contributed by atoms with Gasteiger partial charge in [-0.1, -0.05) is 12.8 Å². The first kappa shape index (κ1) is 17.2. The van der Waals surface area contributed by atoms with E-state index in [-0.39, 0.29) is 23.5 Å². The Kier molecular flexibility index (Phi) is 4.80. The van der Waals surface area contributed by atoms with Crippen molar-refractivity contribution in [2.45, 2.75) is 64.1 Å². The van der Waals surface area contributed by atoms with Crippen molar-refractivity contribution in [2.24, 2.45) is 12.5 Å². The fourth-order valence-electron chi connectivity index (χ4n) is 4.57. The fraction of sp³-hybridized carbons (Fsp3) is 0.824. The first-order valence-electron chi connectivity index (χ1n) is 8.98. The van der Waals surface area contributed by atoms with Gasteiger partial charge in [-0.25, -0.2) is 4.79 Å². The van der Waals surface area contributed by atoms with Gasteiger partial charge in [0.15, 0.2) is 5.82 Å². The molecule has 0 unspecified atom stereocenters. The first-order valence-corrected chi connectivity index (χ1v) is 8.98. The van der Waals surface area contributed by atoms with Crippen molar-refractivity contribution in [2.75, 3.05) is 13.7 Å². The number of nitrogens with one attached hydrogen (secondary N) is 1. The second-order valence-corrected chi connectivity index (χ2v) is 7.22. The first-order chi connectivity index (χ1) is 11.5. The summed E-state index contributed by atoms with van der Waals surface area (Å²) in [4.78, 5) is 14.6. The molecule has 7 nitrogen and oxygen atoms in total. The number of amides is 2. The molecule has 0 radical (unpaired) electrons. The summed E-state index contributed by atoms with van der Waals surface area (Å²) in [5, 5.41) is 11.0. The minimum atomic E-state index is -0.172. The molecule has 2 amide bonds. The summed E-state index contributed by atoms with van der Waals surface area (Å²) in [6.07, 6.45) is 7.71. The maximum Gasteiger partial charge on any atom is 0.317 e. The van der Waals surface area contributed by atoms with Crippen LogP contribution >= 0.6 is 0 Å². The van der Waals surface area contributed by atoms with Gasteiger partial charge in [-0.05, 0) is 33.1 Å². The lowest BCUT2D eigenvalue weighted by Gasteiger charge is -2.56. The van der Waals surface area contributed by atoms with Crippen LogP contribution in [-0.2, 0) is 11.8 Å². The van der Waals surface area contributed by atoms with Crippen molar-refractivity contribution >= 4 is 6.03 Å². The molecular weight excluding hydrogens is 306 g/mol. The zero-order valence-electron chi connectivity index (χ0n) is 15.2. The largest absolute Gasteiger partial charge is 0.378 e. The summed E-state index contributed by atoms with van der Waals surface area (Å²) in [6.45, 7) is 4.73. The predicted octanol–water partition coefficient (Wildman–Crippen LogP) is 2.26. The lowest BCUT2D eigenvalue weighted by molar-refractivity contribution is -0.151. The van der Waals surface area contributed by atoms with E-state index in [1.807, 2.05) is 30.5 Å². The summed E-state index contributed by atoms with van der Waals surface area (Å²) in [5.41, 5.74) is 0.163. The second-order valence-electron chi connectivity index (χ2n) is 7.22. The number of rotatable bonds is 5. The van der Waals surface area contributed by atoms with Crippen LogP contribution in [0.5, 0.6) is 0 Å². The van der Waals surface area contributed by atoms with Gasteiger partial charge in [0.25, 0.3) is 0 Å². The Bertz CT molecular complexity index is 581. The second kappa shape index (κ2) is 6.70. The Hall–Kier alpha value is -1.63. The number of hydrogen-bond acceptors (Lipinski definition) is 4. The van der Waals surface area contributed by atoms with Crippen molar-refractivity contribution in [1.29, 1.82) is 0 Å². The third-order valence-electron chi connectivity index (χ3n) is 5.91. The van der Waals surface area contributed by atoms with Crippen LogP contribution < -0.4 is 5.32 Å². The molecule has 24 heavy (non-hydrogen) atoms. The third-order valence-corrected chi connectivity index (χ3v) is 5.91. The summed E-state index contributed by atoms with van der Waals surface area (Å²) >= 11 is 0. The van der Waals surface area contributed by atoms with Gasteiger partial charge in [0.2, 0.25) is 0 Å². The average Bonchev–Trinajstić information content (AvgIpc) is 3.20. The van der Waals surface area contributed by atoms with Crippen molar-refractivity contribution < 1.29 is 9.53 Å². The predicted molar refractivity (Wildman–Crippen MR) is 90.4 cm³/mol. The van der Waals surface area contributed by atoms with Crippen LogP contribution in [0.25, 0.3) is 0 Å². The van der Waals surface area contributed by atoms with Crippen molar-refractivity contribution in [3.05, 3.63) is 12.2 Å². The number of carbonyl (C=O) groups excluding carboxylic acids is 1. The van der Waals surface area contributed by atoms with E-state index in [4.69, 9.17) is 4.74 Å². The molecular formula is C17H29N5O2. The molecule has 0 bridgehead atoms. The zero-order chi connectivity index (χ0) is 17.3. The lowest BCUT2D eigenvalue weighted by atomic mass is 9.60. The van der Waals surface area contributed by atoms with E-state index < -0.39 is 0 Å². The van der Waals surface area contributed by atoms with Gasteiger partial charge in [-0.15, -0.1) is 10.2 Å². The number of hydrogen-bond donors (Lipinski definition) is 1. The Morgan fingerprint density at radius 3 is 2.83 bits per heavy atom. The number of aromatic nitrogens is 3. The van der Waals surface area contributed by atoms with Gasteiger partial charge < -0.3 is 19.5 Å². The number of carbonyl (C=O) groups is 1. The molecule has 3 atom stereocenters. The highest BCUT2D eigenvalue weighted by atomic mass is 16.5. The van der Waals surface area contributed by atoms with Crippen molar-refractivity contribution in [1.82, 2.24) is 25.0 Å². The van der Waals surface area contributed by atoms with E-state index in [1.165, 1.54) is 25.7 Å². The molecule has 0 aliphatic heterocycles. The smallest absolute Gasteiger partial charge is 0.317 e. The van der Waals surface area contributed by atoms with E-state index in [0.29, 0.717) is 6.10 Å². The van der Waals surface area contributed by atoms with Crippen LogP contribution in [0.2, 0.25) is 0 Å². The van der Waals surface area contributed by atoms with E-state index in [1.54, 1.807) is 6.33 Å². The van der Waals surface area contributed by atoms with Gasteiger partial charge in [-0.3, -0.25) is 0 Å². The van der Waals surface area contributed by atoms with Crippen LogP contribution in [0, 0.1) is 5.41 Å². The maximum absolute atomic E-state index is 12.7. The van der Waals surface area contributed by atoms with Crippen molar-refractivity contribution in [3.8, 4) is 0 Å². The normalized spacial score (nSPS) is 26.2. The monoisotopic (exact) mass is 335 g/mol. The number of aryl methyl sites for hydroxylation is 1. The van der Waals surface area contributed by atoms with Gasteiger partial charge in [-0.2, -0.15) is 0 Å². The average molecular weight is 335 g/mol. The summed E-state index contributed by atoms with van der Waals surface area (Å²) in [7, 11) is 3.79. The number of urea groups is 1. The van der Waals surface area contributed by atoms with Crippen LogP contribution in [0.4, 0.5) is 4.79 Å². The third kappa shape index (κ3) is 2.79. The zero-order valence-corrected chi connectivity index (χ0v) is 15.2. The van der Waals surface area contributed by atoms with E-state index >= 15 is 0 Å². The van der Waals surface area contributed by atoms with Gasteiger partial charge >= 0.3 is 6.03 Å². The molecule has 2 saturated carbocycles. The molecule has 1 N–H and O–H groups in total. The van der Waals surface area contributed by atoms with Crippen LogP contribution in [0.15, 0.2) is 6.33 Å². The summed E-state index contributed by atoms with van der Waals surface area (Å²) < 4.78 is 7.78. The van der Waals surface area contributed by atoms with Crippen LogP contribution in [0.1, 0.15) is 57.8 Å². The summed E-state index contributed by atoms with van der Waals surface area (Å²) in [5.74, 6) is 0.758. The highest BCUT2D eigenvalue weighted by molar-refractivity contribution is 5.75. The highest BCUT2D eigenvalue weighted by Gasteiger charge is 2.58. The standard InChI is InChI=1S/C17H29N5O2/c1-5-24-14-10-13(17(14)8-6-7-9-17)22(4)16(23)19-12(2)15-20-18-11-21(15)3/h11-14H,5-10H2,1-4H3,(H,19,23)/t12-,13-,14-/m1/s1. The molecule has 1 aromatic rings. The number of nitrogens with zero attached hydrogens (tertiary/aromatic N) is 4. The van der Waals surface area contributed by atoms with E-state index in [2.05, 4.69) is 22.4 Å². The molecule has 2 aliphatic rings. The van der Waals surface area contributed by atoms with E-state index in [9.17, 15) is 4.79 Å². The SMILES string of the molecule is CCO[C@@H]1C[C@@H](N(C)C(=O)N[C@H](C)c2nncn2C)C12CCCC2. The topological polar surface area (TPSA) is 72.3 Å². The molecule has 3 rings (SSSR count). The fourth-order valence-corrected chi connectivity index (χ4v) is 4.57. The highest BCUT2D eigenvalue weighted by Crippen LogP contribution is 2.56. The molecule has 1 spiro atoms. The Balaban J connectivity index is 1.64. The van der Waals surface area contributed by atoms with Gasteiger partial charge in [0.1, 0.15) is 6.33 Å². The molecule has 1 aromatic heterocycles. The quantitative estimate of drug-likeness (QED) is 0.896. The Labute approximate surface area is 143 Å². The Morgan fingerprint density at radius 1 is 1.54 bits per heavy atom. The molecule has 2 aliphatic carbocycles. The van der Waals surface area contributed by atoms with Crippen LogP contribution in [-0.4, -0.2) is 51.5 Å². The minimum absolute atomic E-state index is 0.0447. The molecule has 134 valence electrons. The molecule has 0 aromatic carbocycles. The Morgan fingerprint density at radius 2 is 2.25 bits per heavy atom. The van der Waals surface area contributed by atoms with Gasteiger partial charge in [0, 0.05) is 32.2 Å². The summed E-state index contributed by atoms with van der Waals surface area (Å²) in [6, 6.07) is 0.0507. The van der Waals surface area contributed by atoms with Gasteiger partial charge in [0.05, 0.1) is 12.1 Å². The minimum Gasteiger partial charge on any atom is -0.378 e. The van der Waals surface area contributed by atoms with Crippen molar-refractivity contribution in [3.63, 3.8) is 0 Å². The maximum atomic E-state index is 12.7. The van der Waals surface area contributed by atoms with E-state index in [0.717, 1.165) is 18.9 Å².